The van der Waals surface area contributed by atoms with Crippen molar-refractivity contribution in [3.63, 3.8) is 0 Å². The van der Waals surface area contributed by atoms with Crippen molar-refractivity contribution in [1.29, 1.82) is 0 Å². The molecule has 2 aliphatic rings. The Morgan fingerprint density at radius 2 is 1.86 bits per heavy atom. The van der Waals surface area contributed by atoms with Gasteiger partial charge in [-0.3, -0.25) is 4.79 Å². The predicted molar refractivity (Wildman–Crippen MR) is 121 cm³/mol. The Kier molecular flexibility index (Phi) is 6.68. The smallest absolute Gasteiger partial charge is 0.225 e. The number of hydrogen-bond acceptors (Lipinski definition) is 5. The Bertz CT molecular complexity index is 819. The molecule has 0 atom stereocenters. The van der Waals surface area contributed by atoms with Crippen LogP contribution in [0.2, 0.25) is 0 Å². The average molecular weight is 415 g/mol. The number of nitrogens with zero attached hydrogens (tertiary/aromatic N) is 4. The fraction of sp³-hybridized carbons (Fsp3) is 0.696. The van der Waals surface area contributed by atoms with E-state index in [0.717, 1.165) is 62.0 Å². The first-order valence-corrected chi connectivity index (χ1v) is 12.3. The van der Waals surface area contributed by atoms with Gasteiger partial charge in [-0.2, -0.15) is 0 Å². The molecule has 0 bridgehead atoms. The fourth-order valence-electron chi connectivity index (χ4n) is 4.91. The molecule has 0 spiro atoms. The molecule has 2 fully saturated rings. The number of carbonyl (C=O) groups is 1. The van der Waals surface area contributed by atoms with Crippen LogP contribution in [0.4, 0.5) is 5.82 Å². The largest absolute Gasteiger partial charge is 0.352 e. The molecule has 1 saturated carbocycles. The van der Waals surface area contributed by atoms with E-state index < -0.39 is 0 Å². The minimum Gasteiger partial charge on any atom is -0.352 e. The van der Waals surface area contributed by atoms with Gasteiger partial charge in [-0.05, 0) is 44.1 Å². The highest BCUT2D eigenvalue weighted by molar-refractivity contribution is 7.18. The first kappa shape index (κ1) is 20.6. The first-order chi connectivity index (χ1) is 14.2. The van der Waals surface area contributed by atoms with Crippen LogP contribution in [0.25, 0.3) is 10.2 Å². The number of anilines is 1. The number of unbranched alkanes of at least 4 members (excludes halogenated alkanes) is 1. The standard InChI is InChI=1S/C23H34N4OS/c1-3-5-6-17-7-9-18(10-8-17)23(28)27-13-11-26(12-14-27)21-20-15-19(4-2)29-22(20)25-16-24-21/h15-18H,3-14H2,1-2H3. The normalized spacial score (nSPS) is 23.0. The van der Waals surface area contributed by atoms with Crippen LogP contribution >= 0.6 is 11.3 Å². The van der Waals surface area contributed by atoms with E-state index in [2.05, 4.69) is 39.7 Å². The second kappa shape index (κ2) is 9.41. The number of aromatic nitrogens is 2. The van der Waals surface area contributed by atoms with E-state index in [9.17, 15) is 4.79 Å². The van der Waals surface area contributed by atoms with E-state index in [1.165, 1.54) is 42.4 Å². The molecule has 0 N–H and O–H groups in total. The van der Waals surface area contributed by atoms with Crippen molar-refractivity contribution in [2.75, 3.05) is 31.1 Å². The van der Waals surface area contributed by atoms with Gasteiger partial charge in [0.2, 0.25) is 5.91 Å². The predicted octanol–water partition coefficient (Wildman–Crippen LogP) is 4.90. The van der Waals surface area contributed by atoms with E-state index in [-0.39, 0.29) is 5.92 Å². The second-order valence-electron chi connectivity index (χ2n) is 8.65. The summed E-state index contributed by atoms with van der Waals surface area (Å²) in [4.78, 5) is 29.0. The molecule has 158 valence electrons. The summed E-state index contributed by atoms with van der Waals surface area (Å²) in [5.41, 5.74) is 0. The van der Waals surface area contributed by atoms with E-state index in [4.69, 9.17) is 0 Å². The van der Waals surface area contributed by atoms with Gasteiger partial charge < -0.3 is 9.80 Å². The number of amides is 1. The number of rotatable bonds is 6. The lowest BCUT2D eigenvalue weighted by Crippen LogP contribution is -2.51. The maximum atomic E-state index is 13.1. The van der Waals surface area contributed by atoms with E-state index >= 15 is 0 Å². The minimum atomic E-state index is 0.258. The van der Waals surface area contributed by atoms with Crippen LogP contribution in [0.15, 0.2) is 12.4 Å². The Morgan fingerprint density at radius 3 is 2.55 bits per heavy atom. The summed E-state index contributed by atoms with van der Waals surface area (Å²) in [7, 11) is 0. The van der Waals surface area contributed by atoms with Crippen LogP contribution in [-0.2, 0) is 11.2 Å². The van der Waals surface area contributed by atoms with E-state index in [0.29, 0.717) is 5.91 Å². The number of fused-ring (bicyclic) bond motifs is 1. The van der Waals surface area contributed by atoms with Gasteiger partial charge in [0.25, 0.3) is 0 Å². The average Bonchev–Trinajstić information content (AvgIpc) is 3.21. The summed E-state index contributed by atoms with van der Waals surface area (Å²) in [6, 6.07) is 2.24. The van der Waals surface area contributed by atoms with Crippen molar-refractivity contribution < 1.29 is 4.79 Å². The SMILES string of the molecule is CCCCC1CCC(C(=O)N2CCN(c3ncnc4sc(CC)cc34)CC2)CC1. The molecule has 2 aromatic rings. The quantitative estimate of drug-likeness (QED) is 0.675. The maximum absolute atomic E-state index is 13.1. The van der Waals surface area contributed by atoms with E-state index in [1.807, 2.05) is 0 Å². The highest BCUT2D eigenvalue weighted by Gasteiger charge is 2.31. The zero-order chi connectivity index (χ0) is 20.2. The van der Waals surface area contributed by atoms with Crippen LogP contribution in [0, 0.1) is 11.8 Å². The summed E-state index contributed by atoms with van der Waals surface area (Å²) >= 11 is 1.76. The van der Waals surface area contributed by atoms with Crippen LogP contribution in [-0.4, -0.2) is 47.0 Å². The molecule has 1 aliphatic heterocycles. The van der Waals surface area contributed by atoms with Gasteiger partial charge in [0.05, 0.1) is 5.39 Å². The molecular formula is C23H34N4OS. The number of hydrogen-bond donors (Lipinski definition) is 0. The first-order valence-electron chi connectivity index (χ1n) is 11.5. The molecule has 0 aromatic carbocycles. The Hall–Kier alpha value is -1.69. The number of aryl methyl sites for hydroxylation is 1. The third kappa shape index (κ3) is 4.57. The highest BCUT2D eigenvalue weighted by atomic mass is 32.1. The van der Waals surface area contributed by atoms with Gasteiger partial charge in [0.1, 0.15) is 17.0 Å². The molecule has 6 heteroatoms. The summed E-state index contributed by atoms with van der Waals surface area (Å²) < 4.78 is 0. The molecule has 1 amide bonds. The van der Waals surface area contributed by atoms with Crippen LogP contribution in [0.3, 0.4) is 0 Å². The monoisotopic (exact) mass is 414 g/mol. The van der Waals surface area contributed by atoms with E-state index in [1.54, 1.807) is 17.7 Å². The van der Waals surface area contributed by atoms with Gasteiger partial charge >= 0.3 is 0 Å². The van der Waals surface area contributed by atoms with Gasteiger partial charge in [0.15, 0.2) is 0 Å². The highest BCUT2D eigenvalue weighted by Crippen LogP contribution is 2.34. The lowest BCUT2D eigenvalue weighted by atomic mass is 9.79. The van der Waals surface area contributed by atoms with Crippen molar-refractivity contribution in [2.24, 2.45) is 11.8 Å². The molecule has 29 heavy (non-hydrogen) atoms. The molecule has 1 saturated heterocycles. The van der Waals surface area contributed by atoms with Crippen molar-refractivity contribution in [3.8, 4) is 0 Å². The van der Waals surface area contributed by atoms with Crippen molar-refractivity contribution >= 4 is 33.3 Å². The molecule has 1 aliphatic carbocycles. The molecule has 4 rings (SSSR count). The lowest BCUT2D eigenvalue weighted by molar-refractivity contribution is -0.137. The van der Waals surface area contributed by atoms with Gasteiger partial charge in [-0.15, -0.1) is 11.3 Å². The van der Waals surface area contributed by atoms with Gasteiger partial charge in [0, 0.05) is 37.0 Å². The van der Waals surface area contributed by atoms with Crippen molar-refractivity contribution in [3.05, 3.63) is 17.3 Å². The molecule has 0 unspecified atom stereocenters. The Balaban J connectivity index is 1.33. The maximum Gasteiger partial charge on any atom is 0.225 e. The van der Waals surface area contributed by atoms with Crippen LogP contribution in [0.5, 0.6) is 0 Å². The van der Waals surface area contributed by atoms with Gasteiger partial charge in [-0.1, -0.05) is 33.1 Å². The fourth-order valence-corrected chi connectivity index (χ4v) is 5.84. The van der Waals surface area contributed by atoms with Crippen LogP contribution < -0.4 is 4.90 Å². The van der Waals surface area contributed by atoms with Crippen molar-refractivity contribution in [2.45, 2.75) is 65.2 Å². The summed E-state index contributed by atoms with van der Waals surface area (Å²) in [5, 5.41) is 1.17. The number of carbonyl (C=O) groups excluding carboxylic acids is 1. The lowest BCUT2D eigenvalue weighted by Gasteiger charge is -2.38. The van der Waals surface area contributed by atoms with Crippen molar-refractivity contribution in [1.82, 2.24) is 14.9 Å². The Labute approximate surface area is 178 Å². The van der Waals surface area contributed by atoms with Gasteiger partial charge in [-0.25, -0.2) is 9.97 Å². The summed E-state index contributed by atoms with van der Waals surface area (Å²) in [6.07, 6.45) is 11.4. The topological polar surface area (TPSA) is 49.3 Å². The molecule has 5 nitrogen and oxygen atoms in total. The molecule has 2 aromatic heterocycles. The molecular weight excluding hydrogens is 380 g/mol. The molecule has 0 radical (unpaired) electrons. The Morgan fingerprint density at radius 1 is 1.10 bits per heavy atom. The van der Waals surface area contributed by atoms with Crippen LogP contribution in [0.1, 0.15) is 63.7 Å². The number of piperazine rings is 1. The summed E-state index contributed by atoms with van der Waals surface area (Å²) in [6.45, 7) is 7.79. The molecule has 3 heterocycles. The third-order valence-electron chi connectivity index (χ3n) is 6.76. The zero-order valence-electron chi connectivity index (χ0n) is 17.9. The summed E-state index contributed by atoms with van der Waals surface area (Å²) in [5.74, 6) is 2.55. The second-order valence-corrected chi connectivity index (χ2v) is 9.77. The third-order valence-corrected chi connectivity index (χ3v) is 7.95. The minimum absolute atomic E-state index is 0.258. The zero-order valence-corrected chi connectivity index (χ0v) is 18.7. The number of thiophene rings is 1.